The molecule has 1 heterocycles. The molecular weight excluding hydrogens is 296 g/mol. The summed E-state index contributed by atoms with van der Waals surface area (Å²) in [4.78, 5) is 0. The number of hydrogen-bond acceptors (Lipinski definition) is 3. The average Bonchev–Trinajstić information content (AvgIpc) is 3.12. The minimum absolute atomic E-state index is 0.809. The van der Waals surface area contributed by atoms with Crippen molar-refractivity contribution < 1.29 is 0 Å². The largest absolute Gasteiger partial charge is 0.264 e. The molecule has 2 aromatic carbocycles. The van der Waals surface area contributed by atoms with Gasteiger partial charge in [-0.05, 0) is 19.9 Å². The lowest BCUT2D eigenvalue weighted by Crippen LogP contribution is -2.08. The van der Waals surface area contributed by atoms with E-state index in [2.05, 4.69) is 22.2 Å². The second-order valence-electron chi connectivity index (χ2n) is 5.40. The van der Waals surface area contributed by atoms with Crippen LogP contribution in [-0.2, 0) is 6.54 Å². The fourth-order valence-electron chi connectivity index (χ4n) is 2.54. The van der Waals surface area contributed by atoms with Crippen LogP contribution in [0.4, 0.5) is 0 Å². The molecule has 4 nitrogen and oxygen atoms in total. The second-order valence-corrected chi connectivity index (χ2v) is 5.40. The van der Waals surface area contributed by atoms with E-state index in [1.807, 2.05) is 78.3 Å². The summed E-state index contributed by atoms with van der Waals surface area (Å²) >= 11 is 0. The van der Waals surface area contributed by atoms with Gasteiger partial charge in [-0.2, -0.15) is 10.2 Å². The van der Waals surface area contributed by atoms with Crippen molar-refractivity contribution in [3.8, 4) is 0 Å². The van der Waals surface area contributed by atoms with E-state index >= 15 is 0 Å². The Kier molecular flexibility index (Phi) is 4.96. The minimum atomic E-state index is 0.809. The molecule has 0 aliphatic rings. The Balaban J connectivity index is 2.03. The highest BCUT2D eigenvalue weighted by Gasteiger charge is 2.08. The highest BCUT2D eigenvalue weighted by Crippen LogP contribution is 2.12. The third-order valence-electron chi connectivity index (χ3n) is 3.78. The SMILES string of the molecule is CCn1nccc1C(C)=NN=C(c1ccccc1)c1ccccc1. The number of hydrogen-bond donors (Lipinski definition) is 0. The van der Waals surface area contributed by atoms with Crippen molar-refractivity contribution in [2.75, 3.05) is 0 Å². The van der Waals surface area contributed by atoms with Crippen LogP contribution in [0, 0.1) is 0 Å². The summed E-state index contributed by atoms with van der Waals surface area (Å²) in [5.41, 5.74) is 4.78. The lowest BCUT2D eigenvalue weighted by molar-refractivity contribution is 0.653. The predicted octanol–water partition coefficient (Wildman–Crippen LogP) is 4.16. The average molecular weight is 316 g/mol. The van der Waals surface area contributed by atoms with Crippen LogP contribution in [0.1, 0.15) is 30.7 Å². The molecule has 0 amide bonds. The fourth-order valence-corrected chi connectivity index (χ4v) is 2.54. The molecule has 0 saturated heterocycles. The maximum Gasteiger partial charge on any atom is 0.100 e. The Labute approximate surface area is 142 Å². The Morgan fingerprint density at radius 1 is 0.875 bits per heavy atom. The quantitative estimate of drug-likeness (QED) is 0.514. The second kappa shape index (κ2) is 7.51. The lowest BCUT2D eigenvalue weighted by atomic mass is 10.0. The monoisotopic (exact) mass is 316 g/mol. The van der Waals surface area contributed by atoms with E-state index in [1.54, 1.807) is 6.20 Å². The molecule has 0 bridgehead atoms. The van der Waals surface area contributed by atoms with Crippen LogP contribution in [0.2, 0.25) is 0 Å². The number of rotatable bonds is 5. The van der Waals surface area contributed by atoms with Crippen LogP contribution in [0.25, 0.3) is 0 Å². The van der Waals surface area contributed by atoms with Gasteiger partial charge in [0.15, 0.2) is 0 Å². The maximum absolute atomic E-state index is 4.56. The normalized spacial score (nSPS) is 11.3. The molecule has 4 heteroatoms. The molecule has 24 heavy (non-hydrogen) atoms. The van der Waals surface area contributed by atoms with Gasteiger partial charge < -0.3 is 0 Å². The van der Waals surface area contributed by atoms with Gasteiger partial charge in [0.25, 0.3) is 0 Å². The number of nitrogens with zero attached hydrogens (tertiary/aromatic N) is 4. The zero-order valence-corrected chi connectivity index (χ0v) is 13.9. The van der Waals surface area contributed by atoms with E-state index in [9.17, 15) is 0 Å². The predicted molar refractivity (Wildman–Crippen MR) is 98.6 cm³/mol. The van der Waals surface area contributed by atoms with Gasteiger partial charge in [0.2, 0.25) is 0 Å². The van der Waals surface area contributed by atoms with Crippen molar-refractivity contribution in [1.82, 2.24) is 9.78 Å². The molecule has 120 valence electrons. The fraction of sp³-hybridized carbons (Fsp3) is 0.150. The zero-order valence-electron chi connectivity index (χ0n) is 13.9. The van der Waals surface area contributed by atoms with Crippen LogP contribution in [-0.4, -0.2) is 21.2 Å². The molecule has 1 aromatic heterocycles. The molecule has 0 saturated carbocycles. The molecular formula is C20H20N4. The van der Waals surface area contributed by atoms with Crippen LogP contribution < -0.4 is 0 Å². The molecule has 0 aliphatic heterocycles. The van der Waals surface area contributed by atoms with Gasteiger partial charge in [0.05, 0.1) is 11.4 Å². The summed E-state index contributed by atoms with van der Waals surface area (Å²) in [5, 5.41) is 13.3. The molecule has 0 unspecified atom stereocenters. The van der Waals surface area contributed by atoms with Gasteiger partial charge in [0, 0.05) is 23.9 Å². The molecule has 0 fully saturated rings. The van der Waals surface area contributed by atoms with Crippen molar-refractivity contribution in [1.29, 1.82) is 0 Å². The van der Waals surface area contributed by atoms with Crippen LogP contribution >= 0.6 is 0 Å². The number of aromatic nitrogens is 2. The Hall–Kier alpha value is -3.01. The summed E-state index contributed by atoms with van der Waals surface area (Å²) in [5.74, 6) is 0. The highest BCUT2D eigenvalue weighted by molar-refractivity contribution is 6.13. The van der Waals surface area contributed by atoms with E-state index in [-0.39, 0.29) is 0 Å². The van der Waals surface area contributed by atoms with E-state index in [1.165, 1.54) is 0 Å². The van der Waals surface area contributed by atoms with Crippen molar-refractivity contribution in [3.05, 3.63) is 89.7 Å². The van der Waals surface area contributed by atoms with Crippen molar-refractivity contribution in [3.63, 3.8) is 0 Å². The van der Waals surface area contributed by atoms with Gasteiger partial charge in [-0.15, -0.1) is 5.10 Å². The molecule has 0 radical (unpaired) electrons. The third kappa shape index (κ3) is 3.49. The standard InChI is InChI=1S/C20H20N4/c1-3-24-19(14-15-21-24)16(2)22-23-20(17-10-6-4-7-11-17)18-12-8-5-9-13-18/h4-15H,3H2,1-2H3. The van der Waals surface area contributed by atoms with Gasteiger partial charge in [0.1, 0.15) is 5.71 Å². The Bertz CT molecular complexity index is 804. The third-order valence-corrected chi connectivity index (χ3v) is 3.78. The first-order valence-corrected chi connectivity index (χ1v) is 8.05. The van der Waals surface area contributed by atoms with E-state index in [0.29, 0.717) is 0 Å². The summed E-state index contributed by atoms with van der Waals surface area (Å²) in [6.07, 6.45) is 1.79. The molecule has 3 rings (SSSR count). The number of aryl methyl sites for hydroxylation is 1. The van der Waals surface area contributed by atoms with Crippen LogP contribution in [0.3, 0.4) is 0 Å². The summed E-state index contributed by atoms with van der Waals surface area (Å²) in [6, 6.07) is 22.2. The van der Waals surface area contributed by atoms with Crippen molar-refractivity contribution >= 4 is 11.4 Å². The molecule has 3 aromatic rings. The van der Waals surface area contributed by atoms with Gasteiger partial charge in [-0.25, -0.2) is 0 Å². The molecule has 0 spiro atoms. The lowest BCUT2D eigenvalue weighted by Gasteiger charge is -2.06. The zero-order chi connectivity index (χ0) is 16.8. The topological polar surface area (TPSA) is 42.5 Å². The van der Waals surface area contributed by atoms with Crippen LogP contribution in [0.15, 0.2) is 83.1 Å². The summed E-state index contributed by atoms with van der Waals surface area (Å²) in [7, 11) is 0. The van der Waals surface area contributed by atoms with E-state index in [0.717, 1.165) is 34.8 Å². The minimum Gasteiger partial charge on any atom is -0.264 e. The van der Waals surface area contributed by atoms with Crippen LogP contribution in [0.5, 0.6) is 0 Å². The van der Waals surface area contributed by atoms with E-state index in [4.69, 9.17) is 0 Å². The number of benzene rings is 2. The molecule has 0 N–H and O–H groups in total. The van der Waals surface area contributed by atoms with Crippen molar-refractivity contribution in [2.24, 2.45) is 10.2 Å². The van der Waals surface area contributed by atoms with Gasteiger partial charge in [-0.3, -0.25) is 4.68 Å². The molecule has 0 aliphatic carbocycles. The first-order chi connectivity index (χ1) is 11.8. The molecule has 0 atom stereocenters. The Morgan fingerprint density at radius 2 is 1.46 bits per heavy atom. The van der Waals surface area contributed by atoms with E-state index < -0.39 is 0 Å². The first kappa shape index (κ1) is 15.9. The summed E-state index contributed by atoms with van der Waals surface area (Å²) < 4.78 is 1.92. The van der Waals surface area contributed by atoms with Gasteiger partial charge in [-0.1, -0.05) is 60.7 Å². The first-order valence-electron chi connectivity index (χ1n) is 8.05. The summed E-state index contributed by atoms with van der Waals surface area (Å²) in [6.45, 7) is 4.83. The smallest absolute Gasteiger partial charge is 0.100 e. The Morgan fingerprint density at radius 3 is 2.00 bits per heavy atom. The van der Waals surface area contributed by atoms with Gasteiger partial charge >= 0.3 is 0 Å². The van der Waals surface area contributed by atoms with Crippen molar-refractivity contribution in [2.45, 2.75) is 20.4 Å². The maximum atomic E-state index is 4.56. The highest BCUT2D eigenvalue weighted by atomic mass is 15.3.